The average Bonchev–Trinajstić information content (AvgIpc) is 2.67. The molecule has 1 aromatic carbocycles. The Morgan fingerprint density at radius 1 is 1.22 bits per heavy atom. The van der Waals surface area contributed by atoms with Crippen molar-refractivity contribution < 1.29 is 18.7 Å². The van der Waals surface area contributed by atoms with Crippen LogP contribution in [0.4, 0.5) is 9.18 Å². The van der Waals surface area contributed by atoms with Crippen molar-refractivity contribution in [1.82, 2.24) is 10.2 Å². The highest BCUT2D eigenvalue weighted by atomic mass is 19.1. The summed E-state index contributed by atoms with van der Waals surface area (Å²) in [4.78, 5) is 14.4. The van der Waals surface area contributed by atoms with Crippen LogP contribution in [0.1, 0.15) is 51.5 Å². The third-order valence-electron chi connectivity index (χ3n) is 5.72. The van der Waals surface area contributed by atoms with Gasteiger partial charge in [-0.25, -0.2) is 9.18 Å². The van der Waals surface area contributed by atoms with Gasteiger partial charge in [-0.1, -0.05) is 37.5 Å². The van der Waals surface area contributed by atoms with Crippen LogP contribution < -0.4 is 5.32 Å². The van der Waals surface area contributed by atoms with Gasteiger partial charge in [0.15, 0.2) is 0 Å². The summed E-state index contributed by atoms with van der Waals surface area (Å²) >= 11 is 0. The van der Waals surface area contributed by atoms with E-state index in [1.165, 1.54) is 38.2 Å². The van der Waals surface area contributed by atoms with Crippen molar-refractivity contribution in [3.05, 3.63) is 35.6 Å². The first-order chi connectivity index (χ1) is 13.1. The number of nitrogens with zero attached hydrogens (tertiary/aromatic N) is 1. The van der Waals surface area contributed by atoms with Gasteiger partial charge in [0.2, 0.25) is 0 Å². The molecule has 3 atom stereocenters. The maximum atomic E-state index is 13.7. The normalized spacial score (nSPS) is 26.8. The van der Waals surface area contributed by atoms with E-state index in [9.17, 15) is 9.18 Å². The molecule has 150 valence electrons. The molecule has 2 aliphatic rings. The largest absolute Gasteiger partial charge is 0.444 e. The van der Waals surface area contributed by atoms with Crippen LogP contribution in [0.25, 0.3) is 0 Å². The zero-order chi connectivity index (χ0) is 19.2. The summed E-state index contributed by atoms with van der Waals surface area (Å²) in [7, 11) is 0. The van der Waals surface area contributed by atoms with E-state index in [1.54, 1.807) is 23.1 Å². The van der Waals surface area contributed by atoms with Gasteiger partial charge in [0.05, 0.1) is 12.6 Å². The van der Waals surface area contributed by atoms with Gasteiger partial charge in [-0.3, -0.25) is 10.2 Å². The lowest BCUT2D eigenvalue weighted by molar-refractivity contribution is -0.0740. The molecule has 1 heterocycles. The minimum absolute atomic E-state index is 0.0114. The van der Waals surface area contributed by atoms with Crippen LogP contribution in [0.2, 0.25) is 0 Å². The van der Waals surface area contributed by atoms with E-state index in [1.807, 2.05) is 13.8 Å². The number of hydrogen-bond acceptors (Lipinski definition) is 4. The number of carbonyl (C=O) groups excluding carboxylic acids is 1. The zero-order valence-electron chi connectivity index (χ0n) is 16.3. The number of nitrogens with one attached hydrogen (secondary N) is 1. The maximum absolute atomic E-state index is 13.7. The molecule has 0 aromatic heterocycles. The van der Waals surface area contributed by atoms with Crippen LogP contribution in [0.3, 0.4) is 0 Å². The summed E-state index contributed by atoms with van der Waals surface area (Å²) in [5, 5.41) is 3.39. The Balaban J connectivity index is 1.54. The molecule has 1 aliphatic heterocycles. The van der Waals surface area contributed by atoms with Crippen LogP contribution in [0.5, 0.6) is 0 Å². The molecule has 1 aromatic rings. The summed E-state index contributed by atoms with van der Waals surface area (Å²) in [6.45, 7) is 5.26. The van der Waals surface area contributed by atoms with Gasteiger partial charge in [-0.15, -0.1) is 0 Å². The first-order valence-corrected chi connectivity index (χ1v) is 10.1. The van der Waals surface area contributed by atoms with E-state index in [-0.39, 0.29) is 30.7 Å². The lowest BCUT2D eigenvalue weighted by Gasteiger charge is -2.43. The maximum Gasteiger partial charge on any atom is 0.410 e. The molecule has 0 radical (unpaired) electrons. The third-order valence-corrected chi connectivity index (χ3v) is 5.72. The highest BCUT2D eigenvalue weighted by Gasteiger charge is 2.37. The van der Waals surface area contributed by atoms with Crippen LogP contribution in [-0.2, 0) is 16.1 Å². The number of carbonyl (C=O) groups is 1. The molecule has 2 fully saturated rings. The molecular weight excluding hydrogens is 347 g/mol. The van der Waals surface area contributed by atoms with Gasteiger partial charge < -0.3 is 9.47 Å². The van der Waals surface area contributed by atoms with E-state index >= 15 is 0 Å². The first kappa shape index (κ1) is 20.1. The Hall–Kier alpha value is -1.66. The van der Waals surface area contributed by atoms with Gasteiger partial charge in [0.25, 0.3) is 0 Å². The minimum Gasteiger partial charge on any atom is -0.444 e. The third kappa shape index (κ3) is 5.20. The van der Waals surface area contributed by atoms with E-state index < -0.39 is 6.09 Å². The summed E-state index contributed by atoms with van der Waals surface area (Å²) in [5.74, 6) is 0.258. The molecule has 0 spiro atoms. The fourth-order valence-corrected chi connectivity index (χ4v) is 4.07. The Labute approximate surface area is 161 Å². The van der Waals surface area contributed by atoms with Crippen LogP contribution in [0, 0.1) is 11.7 Å². The van der Waals surface area contributed by atoms with Crippen LogP contribution >= 0.6 is 0 Å². The van der Waals surface area contributed by atoms with Gasteiger partial charge in [0.1, 0.15) is 18.7 Å². The highest BCUT2D eigenvalue weighted by Crippen LogP contribution is 2.25. The van der Waals surface area contributed by atoms with Crippen molar-refractivity contribution in [3.8, 4) is 0 Å². The van der Waals surface area contributed by atoms with E-state index in [4.69, 9.17) is 9.47 Å². The Morgan fingerprint density at radius 3 is 2.70 bits per heavy atom. The predicted molar refractivity (Wildman–Crippen MR) is 102 cm³/mol. The summed E-state index contributed by atoms with van der Waals surface area (Å²) in [6.07, 6.45) is 5.72. The van der Waals surface area contributed by atoms with E-state index in [0.717, 1.165) is 6.61 Å². The number of benzene rings is 1. The summed E-state index contributed by atoms with van der Waals surface area (Å²) in [5.41, 5.74) is 0.381. The van der Waals surface area contributed by atoms with Crippen molar-refractivity contribution in [2.75, 3.05) is 13.2 Å². The van der Waals surface area contributed by atoms with Crippen molar-refractivity contribution in [2.24, 2.45) is 5.92 Å². The number of halogens is 1. The van der Waals surface area contributed by atoms with Crippen molar-refractivity contribution in [3.63, 3.8) is 0 Å². The molecule has 1 saturated heterocycles. The van der Waals surface area contributed by atoms with Gasteiger partial charge in [0, 0.05) is 18.2 Å². The van der Waals surface area contributed by atoms with E-state index in [2.05, 4.69) is 5.32 Å². The molecule has 0 bridgehead atoms. The van der Waals surface area contributed by atoms with Gasteiger partial charge >= 0.3 is 6.09 Å². The number of ether oxygens (including phenoxy) is 2. The minimum atomic E-state index is -0.425. The average molecular weight is 378 g/mol. The van der Waals surface area contributed by atoms with Crippen molar-refractivity contribution >= 4 is 6.09 Å². The second-order valence-electron chi connectivity index (χ2n) is 7.81. The fraction of sp³-hybridized carbons (Fsp3) is 0.667. The topological polar surface area (TPSA) is 50.8 Å². The lowest BCUT2D eigenvalue weighted by atomic mass is 9.90. The Kier molecular flexibility index (Phi) is 7.07. The van der Waals surface area contributed by atoms with Gasteiger partial charge in [-0.2, -0.15) is 0 Å². The molecule has 1 aliphatic carbocycles. The van der Waals surface area contributed by atoms with Crippen LogP contribution in [-0.4, -0.2) is 42.5 Å². The SMILES string of the molecule is CC1CNC(OCC2CCCCC2)C(C)N1C(=O)OCc1ccccc1F. The number of piperazine rings is 1. The predicted octanol–water partition coefficient (Wildman–Crippen LogP) is 4.07. The number of amides is 1. The number of rotatable bonds is 5. The van der Waals surface area contributed by atoms with E-state index in [0.29, 0.717) is 18.0 Å². The lowest BCUT2D eigenvalue weighted by Crippen LogP contribution is -2.63. The molecule has 3 unspecified atom stereocenters. The Bertz CT molecular complexity index is 621. The standard InChI is InChI=1S/C21H31FN2O3/c1-15-12-23-20(26-13-17-8-4-3-5-9-17)16(2)24(15)21(25)27-14-18-10-6-7-11-19(18)22/h6-7,10-11,15-17,20,23H,3-5,8-9,12-14H2,1-2H3. The molecule has 27 heavy (non-hydrogen) atoms. The zero-order valence-corrected chi connectivity index (χ0v) is 16.3. The number of hydrogen-bond donors (Lipinski definition) is 1. The molecule has 6 heteroatoms. The summed E-state index contributed by atoms with van der Waals surface area (Å²) < 4.78 is 25.3. The molecular formula is C21H31FN2O3. The highest BCUT2D eigenvalue weighted by molar-refractivity contribution is 5.68. The van der Waals surface area contributed by atoms with Crippen molar-refractivity contribution in [1.29, 1.82) is 0 Å². The molecule has 1 saturated carbocycles. The first-order valence-electron chi connectivity index (χ1n) is 10.1. The quantitative estimate of drug-likeness (QED) is 0.839. The van der Waals surface area contributed by atoms with Crippen LogP contribution in [0.15, 0.2) is 24.3 Å². The molecule has 3 rings (SSSR count). The Morgan fingerprint density at radius 2 is 1.96 bits per heavy atom. The molecule has 1 amide bonds. The summed E-state index contributed by atoms with van der Waals surface area (Å²) in [6, 6.07) is 6.19. The van der Waals surface area contributed by atoms with Gasteiger partial charge in [-0.05, 0) is 38.7 Å². The fourth-order valence-electron chi connectivity index (χ4n) is 4.07. The second-order valence-corrected chi connectivity index (χ2v) is 7.81. The second kappa shape index (κ2) is 9.51. The molecule has 1 N–H and O–H groups in total. The smallest absolute Gasteiger partial charge is 0.410 e. The van der Waals surface area contributed by atoms with Crippen molar-refractivity contribution in [2.45, 2.75) is 70.9 Å². The monoisotopic (exact) mass is 378 g/mol. The molecule has 5 nitrogen and oxygen atoms in total.